The Morgan fingerprint density at radius 2 is 2.12 bits per heavy atom. The monoisotopic (exact) mass is 383 g/mol. The number of aromatic amines is 1. The highest BCUT2D eigenvalue weighted by atomic mass is 32.2. The summed E-state index contributed by atoms with van der Waals surface area (Å²) in [5.74, 6) is -0.707. The summed E-state index contributed by atoms with van der Waals surface area (Å²) in [5, 5.41) is 0.414. The van der Waals surface area contributed by atoms with E-state index in [-0.39, 0.29) is 29.2 Å². The number of H-pyrrole nitrogens is 1. The molecule has 2 aromatic rings. The van der Waals surface area contributed by atoms with E-state index in [4.69, 9.17) is 4.74 Å². The van der Waals surface area contributed by atoms with Gasteiger partial charge in [-0.05, 0) is 24.5 Å². The van der Waals surface area contributed by atoms with Crippen molar-refractivity contribution in [3.8, 4) is 0 Å². The molecule has 0 saturated carbocycles. The molecule has 0 atom stereocenters. The molecule has 0 aliphatic rings. The van der Waals surface area contributed by atoms with Crippen molar-refractivity contribution in [1.29, 1.82) is 0 Å². The van der Waals surface area contributed by atoms with Crippen LogP contribution in [0.25, 0.3) is 0 Å². The van der Waals surface area contributed by atoms with Crippen LogP contribution in [-0.2, 0) is 21.4 Å². The standard InChI is InChI=1S/C15H17N3O5S2/c1-3-16-25(21,22)12-6-4-5-10(7-12)14(20)23-9-11-8-13(19)18-15(17-11)24-2/h4-8,16H,3,9H2,1-2H3,(H,17,18,19). The minimum atomic E-state index is -3.67. The first kappa shape index (κ1) is 19.2. The molecule has 0 bridgehead atoms. The van der Waals surface area contributed by atoms with Crippen LogP contribution >= 0.6 is 11.8 Å². The van der Waals surface area contributed by atoms with Gasteiger partial charge in [0.2, 0.25) is 10.0 Å². The predicted octanol–water partition coefficient (Wildman–Crippen LogP) is 1.15. The SMILES string of the molecule is CCNS(=O)(=O)c1cccc(C(=O)OCc2cc(=O)[nH]c(SC)n2)c1. The number of carbonyl (C=O) groups excluding carboxylic acids is 1. The third-order valence-electron chi connectivity index (χ3n) is 3.03. The van der Waals surface area contributed by atoms with E-state index in [1.807, 2.05) is 0 Å². The zero-order chi connectivity index (χ0) is 18.4. The maximum absolute atomic E-state index is 12.1. The van der Waals surface area contributed by atoms with Crippen LogP contribution in [-0.4, -0.2) is 37.2 Å². The summed E-state index contributed by atoms with van der Waals surface area (Å²) in [4.78, 5) is 30.2. The third-order valence-corrected chi connectivity index (χ3v) is 5.16. The second-order valence-corrected chi connectivity index (χ2v) is 7.41. The van der Waals surface area contributed by atoms with Crippen LogP contribution in [0.1, 0.15) is 23.0 Å². The minimum Gasteiger partial charge on any atom is -0.456 e. The van der Waals surface area contributed by atoms with Crippen molar-refractivity contribution < 1.29 is 17.9 Å². The lowest BCUT2D eigenvalue weighted by atomic mass is 10.2. The average molecular weight is 383 g/mol. The average Bonchev–Trinajstić information content (AvgIpc) is 2.59. The number of carbonyl (C=O) groups is 1. The number of sulfonamides is 1. The van der Waals surface area contributed by atoms with Crippen molar-refractivity contribution in [2.75, 3.05) is 12.8 Å². The van der Waals surface area contributed by atoms with Gasteiger partial charge in [-0.3, -0.25) is 4.79 Å². The number of rotatable bonds is 7. The van der Waals surface area contributed by atoms with Gasteiger partial charge in [-0.1, -0.05) is 24.8 Å². The van der Waals surface area contributed by atoms with Gasteiger partial charge in [0.1, 0.15) is 6.61 Å². The molecule has 0 aliphatic heterocycles. The van der Waals surface area contributed by atoms with Gasteiger partial charge >= 0.3 is 5.97 Å². The Labute approximate surface area is 149 Å². The summed E-state index contributed by atoms with van der Waals surface area (Å²) in [6.45, 7) is 1.70. The zero-order valence-corrected chi connectivity index (χ0v) is 15.2. The first-order valence-electron chi connectivity index (χ1n) is 7.27. The van der Waals surface area contributed by atoms with Gasteiger partial charge in [0.15, 0.2) is 5.16 Å². The maximum atomic E-state index is 12.1. The molecule has 0 radical (unpaired) electrons. The Morgan fingerprint density at radius 3 is 2.80 bits per heavy atom. The molecule has 2 N–H and O–H groups in total. The van der Waals surface area contributed by atoms with Gasteiger partial charge in [-0.15, -0.1) is 0 Å². The molecule has 10 heteroatoms. The number of nitrogens with zero attached hydrogens (tertiary/aromatic N) is 1. The molecule has 2 rings (SSSR count). The van der Waals surface area contributed by atoms with E-state index in [1.165, 1.54) is 42.1 Å². The lowest BCUT2D eigenvalue weighted by molar-refractivity contribution is 0.0466. The van der Waals surface area contributed by atoms with Gasteiger partial charge < -0.3 is 9.72 Å². The Morgan fingerprint density at radius 1 is 1.36 bits per heavy atom. The molecular weight excluding hydrogens is 366 g/mol. The van der Waals surface area contributed by atoms with E-state index < -0.39 is 16.0 Å². The summed E-state index contributed by atoms with van der Waals surface area (Å²) in [5.41, 5.74) is 0.0518. The zero-order valence-electron chi connectivity index (χ0n) is 13.6. The second kappa shape index (κ2) is 8.28. The Hall–Kier alpha value is -2.17. The first-order chi connectivity index (χ1) is 11.9. The highest BCUT2D eigenvalue weighted by Gasteiger charge is 2.16. The first-order valence-corrected chi connectivity index (χ1v) is 9.97. The molecule has 1 aromatic carbocycles. The summed E-state index contributed by atoms with van der Waals surface area (Å²) >= 11 is 1.26. The molecule has 0 aliphatic carbocycles. The molecule has 0 unspecified atom stereocenters. The summed E-state index contributed by atoms with van der Waals surface area (Å²) in [6.07, 6.45) is 1.75. The van der Waals surface area contributed by atoms with E-state index >= 15 is 0 Å². The van der Waals surface area contributed by atoms with Crippen molar-refractivity contribution >= 4 is 27.8 Å². The summed E-state index contributed by atoms with van der Waals surface area (Å²) in [7, 11) is -3.67. The number of hydrogen-bond donors (Lipinski definition) is 2. The van der Waals surface area contributed by atoms with Crippen LogP contribution in [0.4, 0.5) is 0 Å². The van der Waals surface area contributed by atoms with Crippen LogP contribution in [0.15, 0.2) is 45.2 Å². The number of benzene rings is 1. The van der Waals surface area contributed by atoms with Gasteiger partial charge in [0, 0.05) is 12.6 Å². The number of nitrogens with one attached hydrogen (secondary N) is 2. The van der Waals surface area contributed by atoms with Crippen LogP contribution in [0, 0.1) is 0 Å². The third kappa shape index (κ3) is 5.15. The fourth-order valence-electron chi connectivity index (χ4n) is 1.94. The number of aromatic nitrogens is 2. The predicted molar refractivity (Wildman–Crippen MR) is 93.1 cm³/mol. The lowest BCUT2D eigenvalue weighted by Crippen LogP contribution is -2.23. The normalized spacial score (nSPS) is 11.3. The highest BCUT2D eigenvalue weighted by molar-refractivity contribution is 7.98. The van der Waals surface area contributed by atoms with Crippen LogP contribution < -0.4 is 10.3 Å². The summed E-state index contributed by atoms with van der Waals surface area (Å²) < 4.78 is 31.4. The van der Waals surface area contributed by atoms with E-state index in [1.54, 1.807) is 13.2 Å². The molecule has 0 spiro atoms. The van der Waals surface area contributed by atoms with Crippen molar-refractivity contribution in [2.24, 2.45) is 0 Å². The Bertz CT molecular complexity index is 925. The summed E-state index contributed by atoms with van der Waals surface area (Å²) in [6, 6.07) is 6.76. The van der Waals surface area contributed by atoms with Gasteiger partial charge in [-0.2, -0.15) is 0 Å². The van der Waals surface area contributed by atoms with Gasteiger partial charge in [-0.25, -0.2) is 22.9 Å². The fourth-order valence-corrected chi connectivity index (χ4v) is 3.44. The minimum absolute atomic E-state index is 0.0252. The van der Waals surface area contributed by atoms with Crippen molar-refractivity contribution in [1.82, 2.24) is 14.7 Å². The highest BCUT2D eigenvalue weighted by Crippen LogP contribution is 2.13. The van der Waals surface area contributed by atoms with E-state index in [9.17, 15) is 18.0 Å². The van der Waals surface area contributed by atoms with Crippen molar-refractivity contribution in [3.05, 3.63) is 51.9 Å². The topological polar surface area (TPSA) is 118 Å². The van der Waals surface area contributed by atoms with Crippen molar-refractivity contribution in [3.63, 3.8) is 0 Å². The molecule has 0 amide bonds. The molecule has 1 heterocycles. The van der Waals surface area contributed by atoms with E-state index in [0.717, 1.165) is 0 Å². The molecule has 8 nitrogen and oxygen atoms in total. The Balaban J connectivity index is 2.14. The van der Waals surface area contributed by atoms with Crippen molar-refractivity contribution in [2.45, 2.75) is 23.6 Å². The fraction of sp³-hybridized carbons (Fsp3) is 0.267. The maximum Gasteiger partial charge on any atom is 0.338 e. The largest absolute Gasteiger partial charge is 0.456 e. The lowest BCUT2D eigenvalue weighted by Gasteiger charge is -2.08. The van der Waals surface area contributed by atoms with Crippen LogP contribution in [0.3, 0.4) is 0 Å². The molecule has 0 fully saturated rings. The number of thioether (sulfide) groups is 1. The molecule has 0 saturated heterocycles. The number of hydrogen-bond acceptors (Lipinski definition) is 7. The van der Waals surface area contributed by atoms with Gasteiger partial charge in [0.25, 0.3) is 5.56 Å². The molecule has 1 aromatic heterocycles. The molecular formula is C15H17N3O5S2. The van der Waals surface area contributed by atoms with Crippen LogP contribution in [0.2, 0.25) is 0 Å². The second-order valence-electron chi connectivity index (χ2n) is 4.85. The molecule has 25 heavy (non-hydrogen) atoms. The smallest absolute Gasteiger partial charge is 0.338 e. The Kier molecular flexibility index (Phi) is 6.34. The van der Waals surface area contributed by atoms with E-state index in [2.05, 4.69) is 14.7 Å². The van der Waals surface area contributed by atoms with Crippen LogP contribution in [0.5, 0.6) is 0 Å². The van der Waals surface area contributed by atoms with E-state index in [0.29, 0.717) is 10.9 Å². The molecule has 134 valence electrons. The number of ether oxygens (including phenoxy) is 1. The van der Waals surface area contributed by atoms with Gasteiger partial charge in [0.05, 0.1) is 16.2 Å². The quantitative estimate of drug-likeness (QED) is 0.418. The number of esters is 1.